The molecule has 1 rings (SSSR count). The monoisotopic (exact) mass is 189 g/mol. The minimum atomic E-state index is 1.05. The van der Waals surface area contributed by atoms with Crippen LogP contribution in [0.1, 0.15) is 24.5 Å². The molecular formula is C13H19N. The van der Waals surface area contributed by atoms with Gasteiger partial charge in [-0.25, -0.2) is 0 Å². The van der Waals surface area contributed by atoms with Gasteiger partial charge in [0.05, 0.1) is 0 Å². The topological polar surface area (TPSA) is 12.0 Å². The van der Waals surface area contributed by atoms with E-state index < -0.39 is 0 Å². The summed E-state index contributed by atoms with van der Waals surface area (Å²) in [6, 6.07) is 8.59. The van der Waals surface area contributed by atoms with Gasteiger partial charge in [0, 0.05) is 0 Å². The zero-order valence-corrected chi connectivity index (χ0v) is 9.09. The van der Waals surface area contributed by atoms with Crippen molar-refractivity contribution < 1.29 is 0 Å². The van der Waals surface area contributed by atoms with Gasteiger partial charge in [-0.15, -0.1) is 0 Å². The molecule has 14 heavy (non-hydrogen) atoms. The lowest BCUT2D eigenvalue weighted by Crippen LogP contribution is -2.12. The third-order valence-corrected chi connectivity index (χ3v) is 2.13. The Hall–Kier alpha value is -1.08. The van der Waals surface area contributed by atoms with Crippen LogP contribution in [0.15, 0.2) is 30.3 Å². The summed E-state index contributed by atoms with van der Waals surface area (Å²) < 4.78 is 0. The second-order valence-electron chi connectivity index (χ2n) is 3.46. The third kappa shape index (κ3) is 4.24. The highest BCUT2D eigenvalue weighted by Gasteiger charge is 1.85. The van der Waals surface area contributed by atoms with E-state index in [2.05, 4.69) is 55.6 Å². The largest absolute Gasteiger partial charge is 0.317 e. The van der Waals surface area contributed by atoms with Crippen LogP contribution in [0, 0.1) is 6.92 Å². The highest BCUT2D eigenvalue weighted by Crippen LogP contribution is 2.05. The standard InChI is InChI=1S/C13H19N/c1-3-14-11-5-4-6-13-9-7-12(2)8-10-13/h4,6-10,14H,3,5,11H2,1-2H3. The van der Waals surface area contributed by atoms with Crippen LogP contribution in [-0.2, 0) is 0 Å². The lowest BCUT2D eigenvalue weighted by atomic mass is 10.1. The highest BCUT2D eigenvalue weighted by molar-refractivity contribution is 5.49. The van der Waals surface area contributed by atoms with Crippen molar-refractivity contribution >= 4 is 6.08 Å². The first kappa shape index (κ1) is 11.0. The Kier molecular flexibility index (Phi) is 5.02. The molecule has 0 spiro atoms. The van der Waals surface area contributed by atoms with Gasteiger partial charge in [0.15, 0.2) is 0 Å². The Morgan fingerprint density at radius 2 is 1.93 bits per heavy atom. The number of rotatable bonds is 5. The van der Waals surface area contributed by atoms with Crippen LogP contribution in [0.4, 0.5) is 0 Å². The number of benzene rings is 1. The van der Waals surface area contributed by atoms with E-state index in [1.807, 2.05) is 0 Å². The molecule has 0 aliphatic heterocycles. The van der Waals surface area contributed by atoms with Crippen molar-refractivity contribution in [1.29, 1.82) is 0 Å². The summed E-state index contributed by atoms with van der Waals surface area (Å²) in [5, 5.41) is 3.29. The van der Waals surface area contributed by atoms with Gasteiger partial charge in [0.25, 0.3) is 0 Å². The Morgan fingerprint density at radius 1 is 1.21 bits per heavy atom. The fourth-order valence-corrected chi connectivity index (χ4v) is 1.26. The predicted molar refractivity (Wildman–Crippen MR) is 63.4 cm³/mol. The fourth-order valence-electron chi connectivity index (χ4n) is 1.26. The van der Waals surface area contributed by atoms with E-state index in [9.17, 15) is 0 Å². The highest BCUT2D eigenvalue weighted by atomic mass is 14.8. The van der Waals surface area contributed by atoms with E-state index in [1.165, 1.54) is 11.1 Å². The lowest BCUT2D eigenvalue weighted by molar-refractivity contribution is 0.727. The molecule has 0 unspecified atom stereocenters. The van der Waals surface area contributed by atoms with Gasteiger partial charge in [-0.3, -0.25) is 0 Å². The molecule has 76 valence electrons. The molecule has 0 atom stereocenters. The molecule has 0 saturated heterocycles. The van der Waals surface area contributed by atoms with Crippen LogP contribution in [0.5, 0.6) is 0 Å². The summed E-state index contributed by atoms with van der Waals surface area (Å²) in [7, 11) is 0. The number of nitrogens with one attached hydrogen (secondary N) is 1. The minimum absolute atomic E-state index is 1.05. The summed E-state index contributed by atoms with van der Waals surface area (Å²) in [5.41, 5.74) is 2.60. The SMILES string of the molecule is CCNCCC=Cc1ccc(C)cc1. The Labute approximate surface area is 86.8 Å². The van der Waals surface area contributed by atoms with Crippen molar-refractivity contribution in [3.05, 3.63) is 41.5 Å². The van der Waals surface area contributed by atoms with Gasteiger partial charge in [-0.05, 0) is 32.0 Å². The zero-order valence-electron chi connectivity index (χ0n) is 9.09. The molecule has 0 radical (unpaired) electrons. The van der Waals surface area contributed by atoms with Gasteiger partial charge >= 0.3 is 0 Å². The van der Waals surface area contributed by atoms with Gasteiger partial charge < -0.3 is 5.32 Å². The Balaban J connectivity index is 2.33. The number of aryl methyl sites for hydroxylation is 1. The van der Waals surface area contributed by atoms with Gasteiger partial charge in [0.2, 0.25) is 0 Å². The van der Waals surface area contributed by atoms with Gasteiger partial charge in [-0.1, -0.05) is 48.9 Å². The average Bonchev–Trinajstić information content (AvgIpc) is 2.21. The van der Waals surface area contributed by atoms with Crippen molar-refractivity contribution in [3.63, 3.8) is 0 Å². The molecule has 0 bridgehead atoms. The van der Waals surface area contributed by atoms with E-state index in [0.29, 0.717) is 0 Å². The molecule has 0 aromatic heterocycles. The minimum Gasteiger partial charge on any atom is -0.317 e. The summed E-state index contributed by atoms with van der Waals surface area (Å²) >= 11 is 0. The smallest absolute Gasteiger partial charge is 0.00143 e. The Bertz CT molecular complexity index is 272. The lowest BCUT2D eigenvalue weighted by Gasteiger charge is -1.96. The quantitative estimate of drug-likeness (QED) is 0.702. The molecule has 1 aromatic carbocycles. The molecule has 1 N–H and O–H groups in total. The van der Waals surface area contributed by atoms with Crippen LogP contribution >= 0.6 is 0 Å². The molecule has 1 heteroatoms. The van der Waals surface area contributed by atoms with E-state index in [1.54, 1.807) is 0 Å². The summed E-state index contributed by atoms with van der Waals surface area (Å²) in [6.45, 7) is 6.36. The molecule has 0 saturated carbocycles. The van der Waals surface area contributed by atoms with Crippen LogP contribution in [-0.4, -0.2) is 13.1 Å². The number of hydrogen-bond donors (Lipinski definition) is 1. The average molecular weight is 189 g/mol. The van der Waals surface area contributed by atoms with E-state index in [-0.39, 0.29) is 0 Å². The maximum Gasteiger partial charge on any atom is -0.00143 e. The third-order valence-electron chi connectivity index (χ3n) is 2.13. The van der Waals surface area contributed by atoms with Crippen molar-refractivity contribution in [2.75, 3.05) is 13.1 Å². The fraction of sp³-hybridized carbons (Fsp3) is 0.385. The van der Waals surface area contributed by atoms with Crippen LogP contribution in [0.2, 0.25) is 0 Å². The normalized spacial score (nSPS) is 11.0. The molecule has 0 aliphatic carbocycles. The molecule has 0 aliphatic rings. The van der Waals surface area contributed by atoms with E-state index in [0.717, 1.165) is 19.5 Å². The maximum absolute atomic E-state index is 3.29. The molecule has 1 nitrogen and oxygen atoms in total. The van der Waals surface area contributed by atoms with Crippen molar-refractivity contribution in [2.24, 2.45) is 0 Å². The molecule has 0 amide bonds. The van der Waals surface area contributed by atoms with Gasteiger partial charge in [0.1, 0.15) is 0 Å². The van der Waals surface area contributed by atoms with Crippen LogP contribution < -0.4 is 5.32 Å². The second kappa shape index (κ2) is 6.39. The molecule has 0 fully saturated rings. The summed E-state index contributed by atoms with van der Waals surface area (Å²) in [4.78, 5) is 0. The first-order valence-electron chi connectivity index (χ1n) is 5.27. The first-order chi connectivity index (χ1) is 6.83. The first-order valence-corrected chi connectivity index (χ1v) is 5.27. The second-order valence-corrected chi connectivity index (χ2v) is 3.46. The predicted octanol–water partition coefficient (Wildman–Crippen LogP) is 3.01. The van der Waals surface area contributed by atoms with E-state index in [4.69, 9.17) is 0 Å². The van der Waals surface area contributed by atoms with Crippen molar-refractivity contribution in [1.82, 2.24) is 5.32 Å². The van der Waals surface area contributed by atoms with Crippen molar-refractivity contribution in [2.45, 2.75) is 20.3 Å². The number of hydrogen-bond acceptors (Lipinski definition) is 1. The van der Waals surface area contributed by atoms with Crippen molar-refractivity contribution in [3.8, 4) is 0 Å². The summed E-state index contributed by atoms with van der Waals surface area (Å²) in [5.74, 6) is 0. The molecular weight excluding hydrogens is 170 g/mol. The molecule has 1 aromatic rings. The van der Waals surface area contributed by atoms with E-state index >= 15 is 0 Å². The van der Waals surface area contributed by atoms with Crippen LogP contribution in [0.25, 0.3) is 6.08 Å². The van der Waals surface area contributed by atoms with Gasteiger partial charge in [-0.2, -0.15) is 0 Å². The molecule has 0 heterocycles. The summed E-state index contributed by atoms with van der Waals surface area (Å²) in [6.07, 6.45) is 5.49. The van der Waals surface area contributed by atoms with Crippen LogP contribution in [0.3, 0.4) is 0 Å². The maximum atomic E-state index is 3.29. The Morgan fingerprint density at radius 3 is 2.57 bits per heavy atom. The zero-order chi connectivity index (χ0) is 10.2.